The fourth-order valence-electron chi connectivity index (χ4n) is 2.20. The first kappa shape index (κ1) is 27.1. The fourth-order valence-corrected chi connectivity index (χ4v) is 2.85. The van der Waals surface area contributed by atoms with E-state index in [2.05, 4.69) is 24.1 Å². The first-order valence-corrected chi connectivity index (χ1v) is 10.9. The molecule has 0 aliphatic rings. The lowest BCUT2D eigenvalue weighted by Gasteiger charge is -2.18. The molecule has 3 N–H and O–H groups in total. The number of ether oxygens (including phenoxy) is 1. The second kappa shape index (κ2) is 13.3. The van der Waals surface area contributed by atoms with Crippen LogP contribution in [0, 0.1) is 0 Å². The molecular weight excluding hydrogens is 416 g/mol. The van der Waals surface area contributed by atoms with Crippen molar-refractivity contribution in [2.75, 3.05) is 39.5 Å². The number of nitrogens with one attached hydrogen (secondary N) is 1. The Hall–Kier alpha value is -2.92. The zero-order chi connectivity index (χ0) is 23.3. The van der Waals surface area contributed by atoms with E-state index in [1.807, 2.05) is 0 Å². The molecule has 1 amide bonds. The second-order valence-electron chi connectivity index (χ2n) is 5.93. The number of amides is 1. The van der Waals surface area contributed by atoms with Crippen molar-refractivity contribution in [1.29, 1.82) is 0 Å². The summed E-state index contributed by atoms with van der Waals surface area (Å²) in [5.41, 5.74) is 0.227. The van der Waals surface area contributed by atoms with Crippen molar-refractivity contribution < 1.29 is 37.8 Å². The van der Waals surface area contributed by atoms with Gasteiger partial charge in [-0.2, -0.15) is 0 Å². The maximum Gasteiger partial charge on any atom is 0.328 e. The molecule has 11 heteroatoms. The van der Waals surface area contributed by atoms with E-state index in [-0.39, 0.29) is 16.4 Å². The highest BCUT2D eigenvalue weighted by atomic mass is 32.2. The van der Waals surface area contributed by atoms with E-state index in [9.17, 15) is 22.8 Å². The molecule has 1 aromatic carbocycles. The molecule has 0 spiro atoms. The average Bonchev–Trinajstić information content (AvgIpc) is 2.68. The van der Waals surface area contributed by atoms with Gasteiger partial charge in [-0.05, 0) is 31.3 Å². The average molecular weight is 445 g/mol. The number of rotatable bonds is 10. The Balaban J connectivity index is 0.000000890. The summed E-state index contributed by atoms with van der Waals surface area (Å²) in [6, 6.07) is 4.28. The molecule has 30 heavy (non-hydrogen) atoms. The van der Waals surface area contributed by atoms with Crippen LogP contribution in [0.5, 0.6) is 5.75 Å². The van der Waals surface area contributed by atoms with Crippen LogP contribution >= 0.6 is 0 Å². The summed E-state index contributed by atoms with van der Waals surface area (Å²) < 4.78 is 28.4. The third-order valence-corrected chi connectivity index (χ3v) is 4.93. The quantitative estimate of drug-likeness (QED) is 0.447. The van der Waals surface area contributed by atoms with Crippen molar-refractivity contribution in [2.24, 2.45) is 0 Å². The molecule has 0 radical (unpaired) electrons. The highest BCUT2D eigenvalue weighted by Gasteiger charge is 2.16. The topological polar surface area (TPSA) is 150 Å². The molecule has 0 aliphatic carbocycles. The van der Waals surface area contributed by atoms with Gasteiger partial charge in [0.2, 0.25) is 0 Å². The minimum Gasteiger partial charge on any atom is -0.496 e. The Morgan fingerprint density at radius 3 is 2.03 bits per heavy atom. The second-order valence-corrected chi connectivity index (χ2v) is 7.94. The molecule has 0 atom stereocenters. The number of carboxylic acids is 2. The van der Waals surface area contributed by atoms with E-state index in [0.29, 0.717) is 24.4 Å². The predicted octanol–water partition coefficient (Wildman–Crippen LogP) is 0.882. The smallest absolute Gasteiger partial charge is 0.328 e. The van der Waals surface area contributed by atoms with Gasteiger partial charge in [-0.3, -0.25) is 4.79 Å². The Bertz CT molecular complexity index is 845. The van der Waals surface area contributed by atoms with Gasteiger partial charge in [0.25, 0.3) is 5.91 Å². The van der Waals surface area contributed by atoms with Crippen LogP contribution in [-0.4, -0.2) is 80.9 Å². The summed E-state index contributed by atoms with van der Waals surface area (Å²) in [5.74, 6) is -2.50. The monoisotopic (exact) mass is 444 g/mol. The first-order valence-electron chi connectivity index (χ1n) is 8.98. The molecule has 0 heterocycles. The van der Waals surface area contributed by atoms with E-state index in [0.717, 1.165) is 25.9 Å². The largest absolute Gasteiger partial charge is 0.496 e. The number of nitrogens with zero attached hydrogens (tertiary/aromatic N) is 1. The summed E-state index contributed by atoms with van der Waals surface area (Å²) in [7, 11) is -1.92. The molecule has 0 fully saturated rings. The molecule has 0 saturated heterocycles. The Labute approximate surface area is 176 Å². The minimum absolute atomic E-state index is 0.0993. The molecule has 168 valence electrons. The van der Waals surface area contributed by atoms with Crippen molar-refractivity contribution in [3.8, 4) is 5.75 Å². The number of sulfone groups is 1. The number of likely N-dealkylation sites (N-methyl/N-ethyl adjacent to an activating group) is 1. The summed E-state index contributed by atoms with van der Waals surface area (Å²) in [6.07, 6.45) is 2.22. The summed E-state index contributed by atoms with van der Waals surface area (Å²) in [4.78, 5) is 33.6. The molecular formula is C19H28N2O8S. The molecule has 0 bridgehead atoms. The van der Waals surface area contributed by atoms with Crippen LogP contribution in [0.25, 0.3) is 0 Å². The van der Waals surface area contributed by atoms with E-state index in [4.69, 9.17) is 14.9 Å². The van der Waals surface area contributed by atoms with Crippen LogP contribution in [0.2, 0.25) is 0 Å². The number of methoxy groups -OCH3 is 1. The number of carboxylic acid groups (broad SMARTS) is 2. The van der Waals surface area contributed by atoms with Gasteiger partial charge in [0.05, 0.1) is 17.6 Å². The lowest BCUT2D eigenvalue weighted by molar-refractivity contribution is -0.134. The van der Waals surface area contributed by atoms with Crippen molar-refractivity contribution >= 4 is 27.7 Å². The molecule has 1 rings (SSSR count). The number of aliphatic carboxylic acids is 2. The van der Waals surface area contributed by atoms with E-state index < -0.39 is 21.8 Å². The molecule has 0 aliphatic heterocycles. The third kappa shape index (κ3) is 10.6. The molecule has 1 aromatic rings. The van der Waals surface area contributed by atoms with Crippen molar-refractivity contribution in [1.82, 2.24) is 10.2 Å². The maximum absolute atomic E-state index is 12.3. The summed E-state index contributed by atoms with van der Waals surface area (Å²) in [5, 5.41) is 18.4. The fraction of sp³-hybridized carbons (Fsp3) is 0.421. The van der Waals surface area contributed by atoms with Crippen LogP contribution in [0.15, 0.2) is 35.2 Å². The van der Waals surface area contributed by atoms with Crippen LogP contribution in [0.1, 0.15) is 24.2 Å². The normalized spacial score (nSPS) is 11.0. The highest BCUT2D eigenvalue weighted by molar-refractivity contribution is 7.90. The third-order valence-electron chi connectivity index (χ3n) is 3.82. The van der Waals surface area contributed by atoms with Gasteiger partial charge < -0.3 is 25.2 Å². The number of hydrogen-bond acceptors (Lipinski definition) is 7. The van der Waals surface area contributed by atoms with Gasteiger partial charge in [0.15, 0.2) is 9.84 Å². The lowest BCUT2D eigenvalue weighted by atomic mass is 10.2. The van der Waals surface area contributed by atoms with Crippen LogP contribution in [-0.2, 0) is 19.4 Å². The standard InChI is InChI=1S/C15H24N2O4S.C4H4O4/c1-5-17(6-2)10-9-16-15(18)13-11-12(22(4,19)20)7-8-14(13)21-3;5-3(6)1-2-4(7)8/h7-8,11H,5-6,9-10H2,1-4H3,(H,16,18);1-2H,(H,5,6)(H,7,8)/b;2-1+. The maximum atomic E-state index is 12.3. The predicted molar refractivity (Wildman–Crippen MR) is 111 cm³/mol. The number of hydrogen-bond donors (Lipinski definition) is 3. The lowest BCUT2D eigenvalue weighted by Crippen LogP contribution is -2.35. The van der Waals surface area contributed by atoms with Gasteiger partial charge in [0.1, 0.15) is 5.75 Å². The zero-order valence-electron chi connectivity index (χ0n) is 17.4. The Kier molecular flexibility index (Phi) is 12.0. The van der Waals surface area contributed by atoms with Gasteiger partial charge in [-0.25, -0.2) is 18.0 Å². The van der Waals surface area contributed by atoms with E-state index >= 15 is 0 Å². The SMILES string of the molecule is CCN(CC)CCNC(=O)c1cc(S(C)(=O)=O)ccc1OC.O=C(O)/C=C/C(=O)O. The van der Waals surface area contributed by atoms with Crippen molar-refractivity contribution in [3.05, 3.63) is 35.9 Å². The first-order chi connectivity index (χ1) is 14.0. The summed E-state index contributed by atoms with van der Waals surface area (Å²) in [6.45, 7) is 7.19. The Morgan fingerprint density at radius 1 is 1.10 bits per heavy atom. The number of carbonyl (C=O) groups excluding carboxylic acids is 1. The van der Waals surface area contributed by atoms with Crippen LogP contribution < -0.4 is 10.1 Å². The minimum atomic E-state index is -3.37. The molecule has 0 unspecified atom stereocenters. The zero-order valence-corrected chi connectivity index (χ0v) is 18.2. The summed E-state index contributed by atoms with van der Waals surface area (Å²) >= 11 is 0. The number of carbonyl (C=O) groups is 3. The Morgan fingerprint density at radius 2 is 1.63 bits per heavy atom. The van der Waals surface area contributed by atoms with Crippen LogP contribution in [0.3, 0.4) is 0 Å². The van der Waals surface area contributed by atoms with E-state index in [1.165, 1.54) is 25.3 Å². The van der Waals surface area contributed by atoms with Crippen molar-refractivity contribution in [3.63, 3.8) is 0 Å². The van der Waals surface area contributed by atoms with E-state index in [1.54, 1.807) is 0 Å². The molecule has 0 saturated carbocycles. The van der Waals surface area contributed by atoms with Gasteiger partial charge >= 0.3 is 11.9 Å². The molecule has 10 nitrogen and oxygen atoms in total. The van der Waals surface area contributed by atoms with Crippen molar-refractivity contribution in [2.45, 2.75) is 18.7 Å². The van der Waals surface area contributed by atoms with Gasteiger partial charge in [-0.15, -0.1) is 0 Å². The number of benzene rings is 1. The molecule has 0 aromatic heterocycles. The highest BCUT2D eigenvalue weighted by Crippen LogP contribution is 2.22. The van der Waals surface area contributed by atoms with Gasteiger partial charge in [-0.1, -0.05) is 13.8 Å². The van der Waals surface area contributed by atoms with Crippen LogP contribution in [0.4, 0.5) is 0 Å². The van der Waals surface area contributed by atoms with Gasteiger partial charge in [0, 0.05) is 31.5 Å².